The van der Waals surface area contributed by atoms with Gasteiger partial charge in [0.05, 0.1) is 11.4 Å². The van der Waals surface area contributed by atoms with Crippen molar-refractivity contribution in [3.05, 3.63) is 58.2 Å². The summed E-state index contributed by atoms with van der Waals surface area (Å²) in [6.07, 6.45) is 3.02. The highest BCUT2D eigenvalue weighted by atomic mass is 35.5. The van der Waals surface area contributed by atoms with E-state index >= 15 is 0 Å². The van der Waals surface area contributed by atoms with E-state index in [0.29, 0.717) is 37.2 Å². The van der Waals surface area contributed by atoms with E-state index in [0.717, 1.165) is 16.8 Å². The van der Waals surface area contributed by atoms with E-state index in [1.165, 1.54) is 17.0 Å². The standard InChI is InChI=1S/C21H20ClN3O3S/c1-29-13-4-2-12(3-5-13)8-20(28)25-7-6-17-15(11-25)21(24-23-17)14-9-16(22)19(27)10-18(14)26/h2-5,9-10,26-27H,6-8,11H2,1H3,(H,23,24). The van der Waals surface area contributed by atoms with Crippen LogP contribution in [0.3, 0.4) is 0 Å². The van der Waals surface area contributed by atoms with E-state index in [2.05, 4.69) is 10.2 Å². The lowest BCUT2D eigenvalue weighted by molar-refractivity contribution is -0.131. The number of nitrogens with zero attached hydrogens (tertiary/aromatic N) is 2. The lowest BCUT2D eigenvalue weighted by atomic mass is 9.99. The molecule has 29 heavy (non-hydrogen) atoms. The minimum Gasteiger partial charge on any atom is -0.507 e. The minimum atomic E-state index is -0.193. The molecule has 4 rings (SSSR count). The largest absolute Gasteiger partial charge is 0.507 e. The number of aromatic amines is 1. The molecule has 1 aliphatic rings. The van der Waals surface area contributed by atoms with Crippen LogP contribution in [0.4, 0.5) is 0 Å². The SMILES string of the molecule is CSc1ccc(CC(=O)N2CCc3[nH]nc(-c4cc(Cl)c(O)cc4O)c3C2)cc1. The van der Waals surface area contributed by atoms with Crippen LogP contribution in [0.15, 0.2) is 41.3 Å². The van der Waals surface area contributed by atoms with Crippen LogP contribution < -0.4 is 0 Å². The van der Waals surface area contributed by atoms with Crippen molar-refractivity contribution in [1.29, 1.82) is 0 Å². The Morgan fingerprint density at radius 3 is 2.72 bits per heavy atom. The Kier molecular flexibility index (Phi) is 5.43. The quantitative estimate of drug-likeness (QED) is 0.545. The third-order valence-corrected chi connectivity index (χ3v) is 6.17. The highest BCUT2D eigenvalue weighted by Crippen LogP contribution is 2.39. The number of H-pyrrole nitrogens is 1. The molecule has 0 spiro atoms. The first-order valence-electron chi connectivity index (χ1n) is 9.15. The predicted octanol–water partition coefficient (Wildman–Crippen LogP) is 3.99. The van der Waals surface area contributed by atoms with Crippen molar-refractivity contribution < 1.29 is 15.0 Å². The van der Waals surface area contributed by atoms with Crippen LogP contribution >= 0.6 is 23.4 Å². The normalized spacial score (nSPS) is 13.4. The molecule has 150 valence electrons. The zero-order valence-electron chi connectivity index (χ0n) is 15.8. The van der Waals surface area contributed by atoms with Crippen LogP contribution in [0.25, 0.3) is 11.3 Å². The zero-order chi connectivity index (χ0) is 20.5. The molecule has 0 saturated carbocycles. The molecule has 0 atom stereocenters. The number of thioether (sulfide) groups is 1. The van der Waals surface area contributed by atoms with Gasteiger partial charge in [0, 0.05) is 47.3 Å². The smallest absolute Gasteiger partial charge is 0.227 e. The Hall–Kier alpha value is -2.64. The number of phenols is 2. The summed E-state index contributed by atoms with van der Waals surface area (Å²) in [5, 5.41) is 27.4. The number of nitrogens with one attached hydrogen (secondary N) is 1. The second-order valence-electron chi connectivity index (χ2n) is 6.94. The third-order valence-electron chi connectivity index (χ3n) is 5.12. The molecule has 0 bridgehead atoms. The summed E-state index contributed by atoms with van der Waals surface area (Å²) in [7, 11) is 0. The molecular formula is C21H20ClN3O3S. The zero-order valence-corrected chi connectivity index (χ0v) is 17.3. The Morgan fingerprint density at radius 2 is 2.00 bits per heavy atom. The van der Waals surface area contributed by atoms with Crippen molar-refractivity contribution in [3.8, 4) is 22.8 Å². The molecular weight excluding hydrogens is 410 g/mol. The van der Waals surface area contributed by atoms with Gasteiger partial charge in [-0.05, 0) is 30.0 Å². The Morgan fingerprint density at radius 1 is 1.24 bits per heavy atom. The second kappa shape index (κ2) is 8.00. The van der Waals surface area contributed by atoms with Crippen molar-refractivity contribution in [1.82, 2.24) is 15.1 Å². The van der Waals surface area contributed by atoms with Crippen LogP contribution in [0.2, 0.25) is 5.02 Å². The molecule has 0 saturated heterocycles. The number of rotatable bonds is 4. The van der Waals surface area contributed by atoms with Crippen molar-refractivity contribution in [2.75, 3.05) is 12.8 Å². The number of aromatic hydroxyl groups is 2. The summed E-state index contributed by atoms with van der Waals surface area (Å²) in [6.45, 7) is 1.01. The maximum Gasteiger partial charge on any atom is 0.227 e. The van der Waals surface area contributed by atoms with Crippen LogP contribution in [-0.2, 0) is 24.2 Å². The van der Waals surface area contributed by atoms with Gasteiger partial charge in [0.25, 0.3) is 0 Å². The van der Waals surface area contributed by atoms with Crippen molar-refractivity contribution in [3.63, 3.8) is 0 Å². The van der Waals surface area contributed by atoms with Gasteiger partial charge >= 0.3 is 0 Å². The molecule has 0 aliphatic carbocycles. The van der Waals surface area contributed by atoms with Crippen LogP contribution in [-0.4, -0.2) is 44.0 Å². The number of aromatic nitrogens is 2. The highest BCUT2D eigenvalue weighted by Gasteiger charge is 2.27. The molecule has 3 N–H and O–H groups in total. The molecule has 3 aromatic rings. The Labute approximate surface area is 177 Å². The average Bonchev–Trinajstić information content (AvgIpc) is 3.14. The maximum atomic E-state index is 12.9. The molecule has 0 fully saturated rings. The third kappa shape index (κ3) is 3.93. The number of hydrogen-bond donors (Lipinski definition) is 3. The van der Waals surface area contributed by atoms with E-state index in [9.17, 15) is 15.0 Å². The predicted molar refractivity (Wildman–Crippen MR) is 113 cm³/mol. The fourth-order valence-electron chi connectivity index (χ4n) is 3.50. The molecule has 0 unspecified atom stereocenters. The molecule has 6 nitrogen and oxygen atoms in total. The summed E-state index contributed by atoms with van der Waals surface area (Å²) < 4.78 is 0. The number of phenolic OH excluding ortho intramolecular Hbond substituents is 2. The number of amides is 1. The summed E-state index contributed by atoms with van der Waals surface area (Å²) in [4.78, 5) is 15.8. The van der Waals surface area contributed by atoms with E-state index < -0.39 is 0 Å². The summed E-state index contributed by atoms with van der Waals surface area (Å²) in [5.41, 5.74) is 3.75. The number of benzene rings is 2. The van der Waals surface area contributed by atoms with Crippen LogP contribution in [0.1, 0.15) is 16.8 Å². The molecule has 2 heterocycles. The monoisotopic (exact) mass is 429 g/mol. The van der Waals surface area contributed by atoms with Gasteiger partial charge in [0.15, 0.2) is 0 Å². The van der Waals surface area contributed by atoms with Gasteiger partial charge in [-0.3, -0.25) is 9.89 Å². The molecule has 1 aromatic heterocycles. The number of hydrogen-bond acceptors (Lipinski definition) is 5. The Balaban J connectivity index is 1.56. The number of fused-ring (bicyclic) bond motifs is 1. The van der Waals surface area contributed by atoms with Crippen molar-refractivity contribution >= 4 is 29.3 Å². The first-order chi connectivity index (χ1) is 14.0. The number of carbonyl (C=O) groups excluding carboxylic acids is 1. The Bertz CT molecular complexity index is 1070. The molecule has 0 radical (unpaired) electrons. The lowest BCUT2D eigenvalue weighted by Crippen LogP contribution is -2.36. The minimum absolute atomic E-state index is 0.0488. The van der Waals surface area contributed by atoms with E-state index in [4.69, 9.17) is 11.6 Å². The highest BCUT2D eigenvalue weighted by molar-refractivity contribution is 7.98. The van der Waals surface area contributed by atoms with E-state index in [1.54, 1.807) is 11.8 Å². The maximum absolute atomic E-state index is 12.9. The van der Waals surface area contributed by atoms with E-state index in [1.807, 2.05) is 35.4 Å². The van der Waals surface area contributed by atoms with E-state index in [-0.39, 0.29) is 22.4 Å². The number of carbonyl (C=O) groups is 1. The van der Waals surface area contributed by atoms with Crippen molar-refractivity contribution in [2.45, 2.75) is 24.3 Å². The lowest BCUT2D eigenvalue weighted by Gasteiger charge is -2.27. The fourth-order valence-corrected chi connectivity index (χ4v) is 4.07. The van der Waals surface area contributed by atoms with Crippen LogP contribution in [0, 0.1) is 0 Å². The topological polar surface area (TPSA) is 89.5 Å². The van der Waals surface area contributed by atoms with Gasteiger partial charge in [-0.1, -0.05) is 23.7 Å². The molecule has 1 amide bonds. The van der Waals surface area contributed by atoms with Gasteiger partial charge in [-0.2, -0.15) is 5.10 Å². The van der Waals surface area contributed by atoms with Gasteiger partial charge in [0.2, 0.25) is 5.91 Å². The molecule has 1 aliphatic heterocycles. The van der Waals surface area contributed by atoms with Crippen LogP contribution in [0.5, 0.6) is 11.5 Å². The summed E-state index contributed by atoms with van der Waals surface area (Å²) >= 11 is 7.68. The van der Waals surface area contributed by atoms with Crippen molar-refractivity contribution in [2.24, 2.45) is 0 Å². The second-order valence-corrected chi connectivity index (χ2v) is 8.23. The summed E-state index contributed by atoms with van der Waals surface area (Å²) in [6, 6.07) is 10.7. The fraction of sp³-hybridized carbons (Fsp3) is 0.238. The van der Waals surface area contributed by atoms with Gasteiger partial charge in [-0.15, -0.1) is 11.8 Å². The average molecular weight is 430 g/mol. The summed E-state index contributed by atoms with van der Waals surface area (Å²) in [5.74, 6) is -0.257. The first kappa shape index (κ1) is 19.7. The van der Waals surface area contributed by atoms with Gasteiger partial charge in [0.1, 0.15) is 17.2 Å². The number of halogens is 1. The molecule has 2 aromatic carbocycles. The first-order valence-corrected chi connectivity index (χ1v) is 10.7. The van der Waals surface area contributed by atoms with Gasteiger partial charge in [-0.25, -0.2) is 0 Å². The van der Waals surface area contributed by atoms with Gasteiger partial charge < -0.3 is 15.1 Å². The molecule has 8 heteroatoms.